The molecule has 0 amide bonds. The fourth-order valence-corrected chi connectivity index (χ4v) is 2.88. The Hall–Kier alpha value is -1.19. The van der Waals surface area contributed by atoms with E-state index in [1.807, 2.05) is 0 Å². The van der Waals surface area contributed by atoms with Crippen LogP contribution in [0.3, 0.4) is 0 Å². The Morgan fingerprint density at radius 1 is 1.00 bits per heavy atom. The molecule has 0 aliphatic heterocycles. The Kier molecular flexibility index (Phi) is 5.55. The molecule has 1 aromatic heterocycles. The van der Waals surface area contributed by atoms with E-state index in [4.69, 9.17) is 0 Å². The number of hydrogen-bond acceptors (Lipinski definition) is 4. The van der Waals surface area contributed by atoms with Gasteiger partial charge in [-0.05, 0) is 25.2 Å². The van der Waals surface area contributed by atoms with Gasteiger partial charge in [0.25, 0.3) is 0 Å². The summed E-state index contributed by atoms with van der Waals surface area (Å²) < 4.78 is 0. The lowest BCUT2D eigenvalue weighted by Crippen LogP contribution is -2.15. The molecule has 1 fully saturated rings. The largest absolute Gasteiger partial charge is 0.353 e. The minimum atomic E-state index is 0.699. The van der Waals surface area contributed by atoms with Crippen molar-refractivity contribution < 1.29 is 0 Å². The van der Waals surface area contributed by atoms with Crippen LogP contribution in [0.15, 0.2) is 0 Å². The summed E-state index contributed by atoms with van der Waals surface area (Å²) in [5.74, 6) is 1.60. The lowest BCUT2D eigenvalue weighted by molar-refractivity contribution is 0.345. The van der Waals surface area contributed by atoms with E-state index in [1.165, 1.54) is 38.5 Å². The van der Waals surface area contributed by atoms with Crippen LogP contribution < -0.4 is 5.32 Å². The molecular weight excluding hydrogens is 236 g/mol. The molecule has 2 rings (SSSR count). The van der Waals surface area contributed by atoms with Crippen molar-refractivity contribution in [2.75, 3.05) is 11.9 Å². The van der Waals surface area contributed by atoms with Crippen molar-refractivity contribution in [3.05, 3.63) is 11.4 Å². The molecule has 0 spiro atoms. The van der Waals surface area contributed by atoms with Crippen molar-refractivity contribution in [2.24, 2.45) is 5.92 Å². The van der Waals surface area contributed by atoms with Gasteiger partial charge in [-0.1, -0.05) is 46.0 Å². The number of nitrogens with one attached hydrogen (secondary N) is 1. The first-order chi connectivity index (χ1) is 9.33. The van der Waals surface area contributed by atoms with Gasteiger partial charge in [0.2, 0.25) is 5.95 Å². The highest BCUT2D eigenvalue weighted by atomic mass is 15.2. The molecule has 1 aliphatic rings. The van der Waals surface area contributed by atoms with Crippen LogP contribution in [0, 0.1) is 5.92 Å². The van der Waals surface area contributed by atoms with Crippen molar-refractivity contribution >= 4 is 5.95 Å². The van der Waals surface area contributed by atoms with Crippen molar-refractivity contribution in [1.82, 2.24) is 15.2 Å². The van der Waals surface area contributed by atoms with E-state index in [2.05, 4.69) is 34.3 Å². The first kappa shape index (κ1) is 14.2. The van der Waals surface area contributed by atoms with Crippen LogP contribution in [-0.4, -0.2) is 21.7 Å². The molecule has 1 N–H and O–H groups in total. The van der Waals surface area contributed by atoms with Crippen LogP contribution in [-0.2, 0) is 12.8 Å². The Labute approximate surface area is 116 Å². The standard InChI is InChI=1S/C15H26N4/c1-3-13-14(4-2)18-19-15(17-13)16-11-10-12-8-6-5-7-9-12/h12H,3-11H2,1-2H3,(H,16,17,19). The van der Waals surface area contributed by atoms with Gasteiger partial charge in [0.1, 0.15) is 0 Å². The Balaban J connectivity index is 1.81. The maximum absolute atomic E-state index is 4.56. The average Bonchev–Trinajstić information content (AvgIpc) is 2.48. The van der Waals surface area contributed by atoms with E-state index >= 15 is 0 Å². The quantitative estimate of drug-likeness (QED) is 0.854. The Bertz CT molecular complexity index is 386. The van der Waals surface area contributed by atoms with E-state index < -0.39 is 0 Å². The second-order valence-corrected chi connectivity index (χ2v) is 5.46. The number of aromatic nitrogens is 3. The molecular formula is C15H26N4. The highest BCUT2D eigenvalue weighted by Gasteiger charge is 2.13. The molecule has 0 unspecified atom stereocenters. The van der Waals surface area contributed by atoms with Gasteiger partial charge in [0, 0.05) is 6.54 Å². The van der Waals surface area contributed by atoms with Gasteiger partial charge < -0.3 is 5.32 Å². The number of nitrogens with zero attached hydrogens (tertiary/aromatic N) is 3. The summed E-state index contributed by atoms with van der Waals surface area (Å²) in [5, 5.41) is 11.8. The van der Waals surface area contributed by atoms with Gasteiger partial charge in [0.05, 0.1) is 11.4 Å². The van der Waals surface area contributed by atoms with Gasteiger partial charge in [-0.3, -0.25) is 0 Å². The zero-order valence-electron chi connectivity index (χ0n) is 12.3. The molecule has 4 heteroatoms. The summed E-state index contributed by atoms with van der Waals surface area (Å²) in [6.45, 7) is 5.19. The second kappa shape index (κ2) is 7.41. The SMILES string of the molecule is CCc1nnc(NCCC2CCCCC2)nc1CC. The molecule has 0 aromatic carbocycles. The third-order valence-corrected chi connectivity index (χ3v) is 4.07. The Morgan fingerprint density at radius 2 is 1.74 bits per heavy atom. The van der Waals surface area contributed by atoms with Crippen LogP contribution in [0.1, 0.15) is 63.8 Å². The van der Waals surface area contributed by atoms with E-state index in [0.29, 0.717) is 5.95 Å². The van der Waals surface area contributed by atoms with E-state index in [1.54, 1.807) is 0 Å². The molecule has 1 aromatic rings. The minimum Gasteiger partial charge on any atom is -0.353 e. The maximum atomic E-state index is 4.56. The number of anilines is 1. The van der Waals surface area contributed by atoms with Crippen LogP contribution in [0.25, 0.3) is 0 Å². The van der Waals surface area contributed by atoms with Crippen LogP contribution in [0.2, 0.25) is 0 Å². The molecule has 1 heterocycles. The average molecular weight is 262 g/mol. The predicted molar refractivity (Wildman–Crippen MR) is 78.3 cm³/mol. The molecule has 4 nitrogen and oxygen atoms in total. The van der Waals surface area contributed by atoms with Gasteiger partial charge >= 0.3 is 0 Å². The predicted octanol–water partition coefficient (Wildman–Crippen LogP) is 3.38. The van der Waals surface area contributed by atoms with Gasteiger partial charge in [0.15, 0.2) is 0 Å². The van der Waals surface area contributed by atoms with E-state index in [-0.39, 0.29) is 0 Å². The number of aryl methyl sites for hydroxylation is 2. The fraction of sp³-hybridized carbons (Fsp3) is 0.800. The topological polar surface area (TPSA) is 50.7 Å². The molecule has 0 saturated heterocycles. The third kappa shape index (κ3) is 4.15. The van der Waals surface area contributed by atoms with E-state index in [9.17, 15) is 0 Å². The van der Waals surface area contributed by atoms with Crippen molar-refractivity contribution in [1.29, 1.82) is 0 Å². The molecule has 19 heavy (non-hydrogen) atoms. The first-order valence-corrected chi connectivity index (χ1v) is 7.79. The fourth-order valence-electron chi connectivity index (χ4n) is 2.88. The summed E-state index contributed by atoms with van der Waals surface area (Å²) in [6, 6.07) is 0. The highest BCUT2D eigenvalue weighted by molar-refractivity contribution is 5.25. The molecule has 0 radical (unpaired) electrons. The molecule has 1 saturated carbocycles. The van der Waals surface area contributed by atoms with Gasteiger partial charge in [-0.15, -0.1) is 5.10 Å². The Morgan fingerprint density at radius 3 is 2.42 bits per heavy atom. The summed E-state index contributed by atoms with van der Waals surface area (Å²) >= 11 is 0. The summed E-state index contributed by atoms with van der Waals surface area (Å²) in [5.41, 5.74) is 2.11. The summed E-state index contributed by atoms with van der Waals surface area (Å²) in [4.78, 5) is 4.56. The van der Waals surface area contributed by atoms with E-state index in [0.717, 1.165) is 36.7 Å². The van der Waals surface area contributed by atoms with Crippen molar-refractivity contribution in [3.63, 3.8) is 0 Å². The van der Waals surface area contributed by atoms with Crippen molar-refractivity contribution in [3.8, 4) is 0 Å². The third-order valence-electron chi connectivity index (χ3n) is 4.07. The lowest BCUT2D eigenvalue weighted by Gasteiger charge is -2.21. The molecule has 106 valence electrons. The molecule has 0 bridgehead atoms. The zero-order valence-corrected chi connectivity index (χ0v) is 12.3. The normalized spacial score (nSPS) is 16.5. The first-order valence-electron chi connectivity index (χ1n) is 7.79. The maximum Gasteiger partial charge on any atom is 0.242 e. The van der Waals surface area contributed by atoms with Crippen LogP contribution >= 0.6 is 0 Å². The van der Waals surface area contributed by atoms with Crippen LogP contribution in [0.4, 0.5) is 5.95 Å². The highest BCUT2D eigenvalue weighted by Crippen LogP contribution is 2.25. The number of rotatable bonds is 6. The van der Waals surface area contributed by atoms with Gasteiger partial charge in [-0.25, -0.2) is 4.98 Å². The number of hydrogen-bond donors (Lipinski definition) is 1. The monoisotopic (exact) mass is 262 g/mol. The molecule has 0 atom stereocenters. The summed E-state index contributed by atoms with van der Waals surface area (Å²) in [6.07, 6.45) is 10.1. The lowest BCUT2D eigenvalue weighted by atomic mass is 9.87. The second-order valence-electron chi connectivity index (χ2n) is 5.46. The summed E-state index contributed by atoms with van der Waals surface area (Å²) in [7, 11) is 0. The minimum absolute atomic E-state index is 0.699. The van der Waals surface area contributed by atoms with Crippen LogP contribution in [0.5, 0.6) is 0 Å². The zero-order chi connectivity index (χ0) is 13.5. The van der Waals surface area contributed by atoms with Crippen molar-refractivity contribution in [2.45, 2.75) is 65.2 Å². The smallest absolute Gasteiger partial charge is 0.242 e. The van der Waals surface area contributed by atoms with Gasteiger partial charge in [-0.2, -0.15) is 5.10 Å². The molecule has 1 aliphatic carbocycles.